The van der Waals surface area contributed by atoms with Gasteiger partial charge in [-0.25, -0.2) is 0 Å². The number of hydrogen-bond acceptors (Lipinski definition) is 3. The van der Waals surface area contributed by atoms with Crippen LogP contribution in [0.3, 0.4) is 0 Å². The van der Waals surface area contributed by atoms with Gasteiger partial charge in [0.2, 0.25) is 0 Å². The normalized spacial score (nSPS) is 16.8. The lowest BCUT2D eigenvalue weighted by Gasteiger charge is -2.13. The Kier molecular flexibility index (Phi) is 4.72. The highest BCUT2D eigenvalue weighted by atomic mass is 16.3. The number of carbonyl (C=O) groups excluding carboxylic acids is 1. The van der Waals surface area contributed by atoms with Gasteiger partial charge in [-0.2, -0.15) is 0 Å². The molecule has 0 fully saturated rings. The molecule has 0 bridgehead atoms. The van der Waals surface area contributed by atoms with Crippen LogP contribution in [-0.2, 0) is 11.2 Å². The van der Waals surface area contributed by atoms with Crippen LogP contribution in [0.5, 0.6) is 0 Å². The van der Waals surface area contributed by atoms with Gasteiger partial charge in [-0.15, -0.1) is 5.92 Å². The Labute approximate surface area is 148 Å². The second-order valence-electron chi connectivity index (χ2n) is 6.47. The third kappa shape index (κ3) is 3.34. The monoisotopic (exact) mass is 331 g/mol. The third-order valence-electron chi connectivity index (χ3n) is 4.58. The van der Waals surface area contributed by atoms with E-state index in [1.807, 2.05) is 44.2 Å². The van der Waals surface area contributed by atoms with Gasteiger partial charge in [-0.3, -0.25) is 9.78 Å². The molecule has 0 saturated carbocycles. The van der Waals surface area contributed by atoms with Gasteiger partial charge in [0, 0.05) is 36.2 Å². The van der Waals surface area contributed by atoms with Crippen molar-refractivity contribution in [3.05, 3.63) is 70.2 Å². The van der Waals surface area contributed by atoms with Crippen LogP contribution in [0.2, 0.25) is 0 Å². The third-order valence-corrected chi connectivity index (χ3v) is 4.58. The van der Waals surface area contributed by atoms with Crippen LogP contribution in [0, 0.1) is 31.6 Å². The number of aromatic nitrogens is 1. The maximum Gasteiger partial charge on any atom is 0.170 e. The second kappa shape index (κ2) is 6.94. The fourth-order valence-electron chi connectivity index (χ4n) is 3.55. The first-order valence-electron chi connectivity index (χ1n) is 8.42. The molecule has 2 aromatic rings. The lowest BCUT2D eigenvalue weighted by atomic mass is 9.89. The van der Waals surface area contributed by atoms with Crippen LogP contribution in [0.1, 0.15) is 41.3 Å². The van der Waals surface area contributed by atoms with E-state index >= 15 is 0 Å². The predicted molar refractivity (Wildman–Crippen MR) is 99.1 cm³/mol. The van der Waals surface area contributed by atoms with Gasteiger partial charge in [0.05, 0.1) is 5.57 Å². The average Bonchev–Trinajstić information content (AvgIpc) is 2.83. The molecule has 1 aliphatic rings. The Morgan fingerprint density at radius 3 is 2.56 bits per heavy atom. The molecule has 1 aromatic heterocycles. The molecule has 3 rings (SSSR count). The summed E-state index contributed by atoms with van der Waals surface area (Å²) in [6.45, 7) is 5.72. The first-order valence-corrected chi connectivity index (χ1v) is 8.42. The molecule has 1 unspecified atom stereocenters. The van der Waals surface area contributed by atoms with Gasteiger partial charge < -0.3 is 5.11 Å². The quantitative estimate of drug-likeness (QED) is 0.859. The molecule has 1 heterocycles. The number of pyridine rings is 1. The summed E-state index contributed by atoms with van der Waals surface area (Å²) in [6.07, 6.45) is 2.65. The van der Waals surface area contributed by atoms with E-state index in [0.717, 1.165) is 27.9 Å². The summed E-state index contributed by atoms with van der Waals surface area (Å²) >= 11 is 0. The Hall–Kier alpha value is -2.86. The Bertz CT molecular complexity index is 891. The molecule has 0 radical (unpaired) electrons. The Morgan fingerprint density at radius 2 is 1.96 bits per heavy atom. The molecular weight excluding hydrogens is 310 g/mol. The summed E-state index contributed by atoms with van der Waals surface area (Å²) in [6, 6.07) is 9.63. The van der Waals surface area contributed by atoms with Gasteiger partial charge >= 0.3 is 0 Å². The van der Waals surface area contributed by atoms with Crippen molar-refractivity contribution in [2.24, 2.45) is 5.92 Å². The molecule has 3 nitrogen and oxygen atoms in total. The van der Waals surface area contributed by atoms with E-state index in [1.54, 1.807) is 13.1 Å². The lowest BCUT2D eigenvalue weighted by Crippen LogP contribution is -2.14. The summed E-state index contributed by atoms with van der Waals surface area (Å²) in [5.41, 5.74) is 5.03. The number of nitrogens with zero attached hydrogens (tertiary/aromatic N) is 1. The zero-order valence-electron chi connectivity index (χ0n) is 14.8. The maximum atomic E-state index is 13.0. The molecule has 1 aliphatic carbocycles. The maximum absolute atomic E-state index is 13.0. The van der Waals surface area contributed by atoms with Crippen LogP contribution in [-0.4, -0.2) is 15.9 Å². The SMILES string of the molecule is CC#Cc1cc(C)c(C2=C(O)CC(Cc3ccccn3)C2=O)c(C)c1. The fraction of sp³-hybridized carbons (Fsp3) is 0.273. The van der Waals surface area contributed by atoms with Crippen molar-refractivity contribution in [2.45, 2.75) is 33.6 Å². The van der Waals surface area contributed by atoms with Crippen molar-refractivity contribution >= 4 is 11.4 Å². The molecule has 3 heteroatoms. The highest BCUT2D eigenvalue weighted by Crippen LogP contribution is 2.38. The number of allylic oxidation sites excluding steroid dienone is 2. The molecule has 1 atom stereocenters. The van der Waals surface area contributed by atoms with E-state index in [-0.39, 0.29) is 17.5 Å². The molecule has 1 aromatic carbocycles. The Morgan fingerprint density at radius 1 is 1.24 bits per heavy atom. The van der Waals surface area contributed by atoms with E-state index in [0.29, 0.717) is 18.4 Å². The molecule has 0 aliphatic heterocycles. The number of rotatable bonds is 3. The van der Waals surface area contributed by atoms with E-state index in [1.165, 1.54) is 0 Å². The van der Waals surface area contributed by atoms with Gasteiger partial charge in [-0.05, 0) is 61.7 Å². The molecule has 0 amide bonds. The van der Waals surface area contributed by atoms with Crippen molar-refractivity contribution in [2.75, 3.05) is 0 Å². The van der Waals surface area contributed by atoms with Gasteiger partial charge in [0.1, 0.15) is 5.76 Å². The molecule has 0 spiro atoms. The highest BCUT2D eigenvalue weighted by Gasteiger charge is 2.35. The summed E-state index contributed by atoms with van der Waals surface area (Å²) < 4.78 is 0. The van der Waals surface area contributed by atoms with Crippen molar-refractivity contribution in [1.82, 2.24) is 4.98 Å². The molecule has 0 saturated heterocycles. The minimum absolute atomic E-state index is 0.00341. The topological polar surface area (TPSA) is 50.2 Å². The van der Waals surface area contributed by atoms with Crippen LogP contribution in [0.4, 0.5) is 0 Å². The van der Waals surface area contributed by atoms with Crippen LogP contribution in [0.25, 0.3) is 5.57 Å². The number of aryl methyl sites for hydroxylation is 2. The number of Topliss-reactive ketones (excluding diaryl/α,β-unsaturated/α-hetero) is 1. The standard InChI is InChI=1S/C22H21NO2/c1-4-7-16-10-14(2)20(15(3)11-16)21-19(24)13-17(22(21)25)12-18-8-5-6-9-23-18/h5-6,8-11,17,24H,12-13H2,1-3H3. The van der Waals surface area contributed by atoms with Crippen LogP contribution >= 0.6 is 0 Å². The molecule has 126 valence electrons. The zero-order chi connectivity index (χ0) is 18.0. The first kappa shape index (κ1) is 17.0. The van der Waals surface area contributed by atoms with E-state index in [4.69, 9.17) is 0 Å². The van der Waals surface area contributed by atoms with Crippen molar-refractivity contribution < 1.29 is 9.90 Å². The van der Waals surface area contributed by atoms with Gasteiger partial charge in [0.25, 0.3) is 0 Å². The second-order valence-corrected chi connectivity index (χ2v) is 6.47. The highest BCUT2D eigenvalue weighted by molar-refractivity contribution is 6.25. The van der Waals surface area contributed by atoms with Crippen molar-refractivity contribution in [3.63, 3.8) is 0 Å². The van der Waals surface area contributed by atoms with Crippen molar-refractivity contribution in [1.29, 1.82) is 0 Å². The summed E-state index contributed by atoms with van der Waals surface area (Å²) in [5.74, 6) is 5.88. The summed E-state index contributed by atoms with van der Waals surface area (Å²) in [4.78, 5) is 17.3. The van der Waals surface area contributed by atoms with Gasteiger partial charge in [0.15, 0.2) is 5.78 Å². The number of hydrogen-bond donors (Lipinski definition) is 1. The number of aliphatic hydroxyl groups is 1. The molecular formula is C22H21NO2. The predicted octanol–water partition coefficient (Wildman–Crippen LogP) is 4.17. The summed E-state index contributed by atoms with van der Waals surface area (Å²) in [5, 5.41) is 10.5. The summed E-state index contributed by atoms with van der Waals surface area (Å²) in [7, 11) is 0. The number of aliphatic hydroxyl groups excluding tert-OH is 1. The van der Waals surface area contributed by atoms with Crippen LogP contribution < -0.4 is 0 Å². The van der Waals surface area contributed by atoms with Crippen molar-refractivity contribution in [3.8, 4) is 11.8 Å². The smallest absolute Gasteiger partial charge is 0.170 e. The first-order chi connectivity index (χ1) is 12.0. The van der Waals surface area contributed by atoms with Gasteiger partial charge in [-0.1, -0.05) is 12.0 Å². The lowest BCUT2D eigenvalue weighted by molar-refractivity contribution is -0.116. The fourth-order valence-corrected chi connectivity index (χ4v) is 3.55. The zero-order valence-corrected chi connectivity index (χ0v) is 14.8. The largest absolute Gasteiger partial charge is 0.512 e. The average molecular weight is 331 g/mol. The molecule has 1 N–H and O–H groups in total. The van der Waals surface area contributed by atoms with E-state index in [2.05, 4.69) is 16.8 Å². The van der Waals surface area contributed by atoms with Crippen LogP contribution in [0.15, 0.2) is 42.3 Å². The Balaban J connectivity index is 1.94. The minimum Gasteiger partial charge on any atom is -0.512 e. The minimum atomic E-state index is -0.251. The number of benzene rings is 1. The van der Waals surface area contributed by atoms with E-state index in [9.17, 15) is 9.90 Å². The van der Waals surface area contributed by atoms with E-state index < -0.39 is 0 Å². The number of carbonyl (C=O) groups is 1. The number of ketones is 1. The molecule has 25 heavy (non-hydrogen) atoms.